The van der Waals surface area contributed by atoms with Crippen LogP contribution in [0.5, 0.6) is 5.75 Å². The summed E-state index contributed by atoms with van der Waals surface area (Å²) in [6.45, 7) is 1.90. The molecule has 0 saturated carbocycles. The van der Waals surface area contributed by atoms with Crippen LogP contribution in [0.15, 0.2) is 45.5 Å². The van der Waals surface area contributed by atoms with Crippen molar-refractivity contribution in [3.63, 3.8) is 0 Å². The van der Waals surface area contributed by atoms with Gasteiger partial charge in [0.2, 0.25) is 5.82 Å². The summed E-state index contributed by atoms with van der Waals surface area (Å²) in [5.41, 5.74) is 1.43. The van der Waals surface area contributed by atoms with E-state index >= 15 is 0 Å². The standard InChI is InChI=1S/C13H10N2O3/c1-8-6-7-17-11(8)12-14-13(18-15-12)9-4-2-3-5-10(9)16/h2-7,16H,1H3. The van der Waals surface area contributed by atoms with Crippen LogP contribution in [0.4, 0.5) is 0 Å². The van der Waals surface area contributed by atoms with Gasteiger partial charge in [0, 0.05) is 0 Å². The van der Waals surface area contributed by atoms with Crippen LogP contribution in [-0.4, -0.2) is 15.2 Å². The maximum Gasteiger partial charge on any atom is 0.262 e. The van der Waals surface area contributed by atoms with Gasteiger partial charge < -0.3 is 14.0 Å². The lowest BCUT2D eigenvalue weighted by molar-refractivity contribution is 0.423. The first kappa shape index (κ1) is 10.6. The summed E-state index contributed by atoms with van der Waals surface area (Å²) in [5, 5.41) is 13.6. The van der Waals surface area contributed by atoms with E-state index in [0.29, 0.717) is 17.1 Å². The first-order chi connectivity index (χ1) is 8.75. The summed E-state index contributed by atoms with van der Waals surface area (Å²) in [5.74, 6) is 1.30. The van der Waals surface area contributed by atoms with E-state index in [9.17, 15) is 5.11 Å². The molecule has 0 atom stereocenters. The van der Waals surface area contributed by atoms with Crippen molar-refractivity contribution in [1.29, 1.82) is 0 Å². The molecule has 5 heteroatoms. The van der Waals surface area contributed by atoms with E-state index in [-0.39, 0.29) is 11.6 Å². The summed E-state index contributed by atoms with van der Waals surface area (Å²) in [4.78, 5) is 4.21. The highest BCUT2D eigenvalue weighted by Gasteiger charge is 2.16. The van der Waals surface area contributed by atoms with Gasteiger partial charge in [-0.2, -0.15) is 4.98 Å². The van der Waals surface area contributed by atoms with Crippen molar-refractivity contribution in [2.24, 2.45) is 0 Å². The zero-order valence-electron chi connectivity index (χ0n) is 9.62. The number of furan rings is 1. The molecular formula is C13H10N2O3. The highest BCUT2D eigenvalue weighted by molar-refractivity contribution is 5.64. The van der Waals surface area contributed by atoms with E-state index in [4.69, 9.17) is 8.94 Å². The minimum atomic E-state index is 0.101. The van der Waals surface area contributed by atoms with E-state index in [0.717, 1.165) is 5.56 Å². The van der Waals surface area contributed by atoms with Gasteiger partial charge in [-0.25, -0.2) is 0 Å². The van der Waals surface area contributed by atoms with Crippen LogP contribution in [-0.2, 0) is 0 Å². The zero-order chi connectivity index (χ0) is 12.5. The minimum Gasteiger partial charge on any atom is -0.507 e. The number of phenolic OH excluding ortho intramolecular Hbond substituents is 1. The number of para-hydroxylation sites is 1. The number of benzene rings is 1. The second-order valence-corrected chi connectivity index (χ2v) is 3.87. The molecule has 0 spiro atoms. The summed E-state index contributed by atoms with van der Waals surface area (Å²) in [6.07, 6.45) is 1.57. The number of hydrogen-bond donors (Lipinski definition) is 1. The molecule has 5 nitrogen and oxygen atoms in total. The second-order valence-electron chi connectivity index (χ2n) is 3.87. The molecule has 90 valence electrons. The van der Waals surface area contributed by atoms with Crippen LogP contribution in [0, 0.1) is 6.92 Å². The van der Waals surface area contributed by atoms with Gasteiger partial charge in [0.1, 0.15) is 5.75 Å². The predicted octanol–water partition coefficient (Wildman–Crippen LogP) is 3.01. The minimum absolute atomic E-state index is 0.101. The number of rotatable bonds is 2. The number of hydrogen-bond acceptors (Lipinski definition) is 5. The Morgan fingerprint density at radius 2 is 2.00 bits per heavy atom. The smallest absolute Gasteiger partial charge is 0.262 e. The van der Waals surface area contributed by atoms with Crippen LogP contribution in [0.25, 0.3) is 23.0 Å². The lowest BCUT2D eigenvalue weighted by Crippen LogP contribution is -1.81. The van der Waals surface area contributed by atoms with Crippen molar-refractivity contribution in [2.75, 3.05) is 0 Å². The molecule has 3 rings (SSSR count). The van der Waals surface area contributed by atoms with Crippen LogP contribution >= 0.6 is 0 Å². The van der Waals surface area contributed by atoms with E-state index < -0.39 is 0 Å². The molecule has 1 aromatic carbocycles. The largest absolute Gasteiger partial charge is 0.507 e. The average molecular weight is 242 g/mol. The lowest BCUT2D eigenvalue weighted by Gasteiger charge is -1.96. The van der Waals surface area contributed by atoms with E-state index in [1.54, 1.807) is 30.5 Å². The quantitative estimate of drug-likeness (QED) is 0.747. The van der Waals surface area contributed by atoms with Crippen LogP contribution in [0.3, 0.4) is 0 Å². The fourth-order valence-electron chi connectivity index (χ4n) is 1.68. The molecule has 0 fully saturated rings. The van der Waals surface area contributed by atoms with Gasteiger partial charge in [-0.15, -0.1) is 0 Å². The second kappa shape index (κ2) is 4.03. The number of nitrogens with zero attached hydrogens (tertiary/aromatic N) is 2. The fraction of sp³-hybridized carbons (Fsp3) is 0.0769. The van der Waals surface area contributed by atoms with Gasteiger partial charge in [-0.1, -0.05) is 17.3 Å². The molecular weight excluding hydrogens is 232 g/mol. The molecule has 1 N–H and O–H groups in total. The Morgan fingerprint density at radius 1 is 1.17 bits per heavy atom. The maximum atomic E-state index is 9.71. The van der Waals surface area contributed by atoms with Crippen molar-refractivity contribution in [3.8, 4) is 28.8 Å². The van der Waals surface area contributed by atoms with Crippen LogP contribution < -0.4 is 0 Å². The Hall–Kier alpha value is -2.56. The third kappa shape index (κ3) is 1.66. The fourth-order valence-corrected chi connectivity index (χ4v) is 1.68. The molecule has 2 aromatic heterocycles. The molecule has 0 saturated heterocycles. The lowest BCUT2D eigenvalue weighted by atomic mass is 10.2. The Balaban J connectivity index is 2.05. The third-order valence-corrected chi connectivity index (χ3v) is 2.63. The predicted molar refractivity (Wildman–Crippen MR) is 63.8 cm³/mol. The van der Waals surface area contributed by atoms with E-state index in [1.807, 2.05) is 13.0 Å². The van der Waals surface area contributed by atoms with Gasteiger partial charge in [0.05, 0.1) is 11.8 Å². The Morgan fingerprint density at radius 3 is 2.72 bits per heavy atom. The van der Waals surface area contributed by atoms with Gasteiger partial charge >= 0.3 is 0 Å². The average Bonchev–Trinajstić information content (AvgIpc) is 2.98. The molecule has 0 aliphatic heterocycles. The summed E-state index contributed by atoms with van der Waals surface area (Å²) in [6, 6.07) is 8.62. The van der Waals surface area contributed by atoms with Gasteiger partial charge in [0.25, 0.3) is 5.89 Å². The topological polar surface area (TPSA) is 72.3 Å². The highest BCUT2D eigenvalue weighted by atomic mass is 16.5. The Kier molecular flexibility index (Phi) is 2.37. The zero-order valence-corrected chi connectivity index (χ0v) is 9.62. The highest BCUT2D eigenvalue weighted by Crippen LogP contribution is 2.29. The van der Waals surface area contributed by atoms with Gasteiger partial charge in [0.15, 0.2) is 5.76 Å². The molecule has 0 bridgehead atoms. The first-order valence-corrected chi connectivity index (χ1v) is 5.42. The molecule has 2 heterocycles. The maximum absolute atomic E-state index is 9.71. The molecule has 0 unspecified atom stereocenters. The van der Waals surface area contributed by atoms with E-state index in [1.165, 1.54) is 0 Å². The molecule has 0 amide bonds. The van der Waals surface area contributed by atoms with Crippen molar-refractivity contribution >= 4 is 0 Å². The summed E-state index contributed by atoms with van der Waals surface area (Å²) >= 11 is 0. The molecule has 0 aliphatic rings. The van der Waals surface area contributed by atoms with Crippen molar-refractivity contribution < 1.29 is 14.0 Å². The number of aromatic nitrogens is 2. The first-order valence-electron chi connectivity index (χ1n) is 5.42. The number of phenols is 1. The van der Waals surface area contributed by atoms with Crippen molar-refractivity contribution in [1.82, 2.24) is 10.1 Å². The van der Waals surface area contributed by atoms with Crippen molar-refractivity contribution in [2.45, 2.75) is 6.92 Å². The number of aryl methyl sites for hydroxylation is 1. The van der Waals surface area contributed by atoms with Crippen molar-refractivity contribution in [3.05, 3.63) is 42.2 Å². The van der Waals surface area contributed by atoms with E-state index in [2.05, 4.69) is 10.1 Å². The van der Waals surface area contributed by atoms with Crippen LogP contribution in [0.2, 0.25) is 0 Å². The normalized spacial score (nSPS) is 10.7. The monoisotopic (exact) mass is 242 g/mol. The van der Waals surface area contributed by atoms with Gasteiger partial charge in [-0.05, 0) is 30.7 Å². The molecule has 0 radical (unpaired) electrons. The molecule has 18 heavy (non-hydrogen) atoms. The molecule has 0 aliphatic carbocycles. The SMILES string of the molecule is Cc1ccoc1-c1noc(-c2ccccc2O)n1. The Bertz CT molecular complexity index is 685. The third-order valence-electron chi connectivity index (χ3n) is 2.63. The summed E-state index contributed by atoms with van der Waals surface area (Å²) in [7, 11) is 0. The molecule has 3 aromatic rings. The number of aromatic hydroxyl groups is 1. The van der Waals surface area contributed by atoms with Gasteiger partial charge in [-0.3, -0.25) is 0 Å². The summed E-state index contributed by atoms with van der Waals surface area (Å²) < 4.78 is 10.4. The van der Waals surface area contributed by atoms with Crippen LogP contribution in [0.1, 0.15) is 5.56 Å². The Labute approximate surface area is 103 Å².